The predicted octanol–water partition coefficient (Wildman–Crippen LogP) is 2.83. The smallest absolute Gasteiger partial charge is 0.305 e. The number of imidazole rings is 2. The lowest BCUT2D eigenvalue weighted by atomic mass is 10.1. The first kappa shape index (κ1) is 26.9. The number of aromatic nitrogens is 10. The van der Waals surface area contributed by atoms with Gasteiger partial charge in [0.25, 0.3) is 0 Å². The Bertz CT molecular complexity index is 2170. The summed E-state index contributed by atoms with van der Waals surface area (Å²) in [5.74, 6) is -0.470. The van der Waals surface area contributed by atoms with E-state index in [1.807, 2.05) is 22.9 Å². The summed E-state index contributed by atoms with van der Waals surface area (Å²) in [5.41, 5.74) is 2.01. The van der Waals surface area contributed by atoms with E-state index < -0.39 is 16.9 Å². The maximum absolute atomic E-state index is 14.5. The van der Waals surface area contributed by atoms with Gasteiger partial charge in [-0.05, 0) is 49.8 Å². The van der Waals surface area contributed by atoms with E-state index >= 15 is 0 Å². The molecule has 0 atom stereocenters. The molecule has 1 saturated carbocycles. The Morgan fingerprint density at radius 1 is 1.12 bits per heavy atom. The third kappa shape index (κ3) is 4.82. The molecule has 6 aromatic heterocycles. The Labute approximate surface area is 246 Å². The summed E-state index contributed by atoms with van der Waals surface area (Å²) in [6, 6.07) is 3.33. The van der Waals surface area contributed by atoms with Crippen molar-refractivity contribution in [2.24, 2.45) is 0 Å². The lowest BCUT2D eigenvalue weighted by Crippen LogP contribution is -2.41. The number of rotatable bonds is 9. The molecule has 15 heteroatoms. The van der Waals surface area contributed by atoms with E-state index in [1.54, 1.807) is 13.1 Å². The average Bonchev–Trinajstić information content (AvgIpc) is 3.40. The number of halogens is 2. The minimum atomic E-state index is -0.707. The van der Waals surface area contributed by atoms with Gasteiger partial charge in [0.15, 0.2) is 17.2 Å². The topological polar surface area (TPSA) is 139 Å². The molecule has 0 N–H and O–H groups in total. The molecule has 43 heavy (non-hydrogen) atoms. The molecular formula is C28H24ClFN10O3. The van der Waals surface area contributed by atoms with Crippen LogP contribution in [0, 0.1) is 5.82 Å². The first-order valence-corrected chi connectivity index (χ1v) is 14.1. The van der Waals surface area contributed by atoms with E-state index in [0.29, 0.717) is 28.6 Å². The number of carbonyl (C=O) groups is 1. The van der Waals surface area contributed by atoms with Crippen molar-refractivity contribution in [2.75, 3.05) is 0 Å². The molecule has 1 aliphatic rings. The highest BCUT2D eigenvalue weighted by Gasteiger charge is 2.26. The third-order valence-electron chi connectivity index (χ3n) is 7.56. The van der Waals surface area contributed by atoms with E-state index in [0.717, 1.165) is 23.1 Å². The highest BCUT2D eigenvalue weighted by Crippen LogP contribution is 2.41. The fourth-order valence-electron chi connectivity index (χ4n) is 5.17. The molecule has 13 nitrogen and oxygen atoms in total. The molecule has 1 aliphatic carbocycles. The summed E-state index contributed by atoms with van der Waals surface area (Å²) in [6.45, 7) is 2.24. The standard InChI is InChI=1S/C28H24ClFN10O3/c1-2-40-28(43)27(42)39(15-32-40)22-9-17(16-3-4-16)10-37-11-18(33-26(22)37)12-38-13-21(34-35-38)23(41)6-5-20-25-24(30)19(29)7-8-36(25)14-31-20/h7-11,13-16H,2-6,12H2,1H3. The van der Waals surface area contributed by atoms with Gasteiger partial charge in [-0.3, -0.25) is 19.0 Å². The van der Waals surface area contributed by atoms with E-state index in [4.69, 9.17) is 16.6 Å². The molecule has 0 saturated heterocycles. The number of Topliss-reactive ketones (excluding diaryl/α,β-unsaturated/α-hetero) is 1. The molecule has 7 rings (SSSR count). The Balaban J connectivity index is 1.14. The van der Waals surface area contributed by atoms with E-state index in [2.05, 4.69) is 20.4 Å². The lowest BCUT2D eigenvalue weighted by Gasteiger charge is -2.10. The van der Waals surface area contributed by atoms with Gasteiger partial charge < -0.3 is 8.80 Å². The number of hydrogen-bond acceptors (Lipinski definition) is 8. The van der Waals surface area contributed by atoms with Gasteiger partial charge in [-0.15, -0.1) is 5.10 Å². The van der Waals surface area contributed by atoms with E-state index in [1.165, 1.54) is 38.6 Å². The second-order valence-electron chi connectivity index (χ2n) is 10.5. The highest BCUT2D eigenvalue weighted by atomic mass is 35.5. The zero-order valence-corrected chi connectivity index (χ0v) is 23.6. The molecule has 0 spiro atoms. The molecule has 0 amide bonds. The quantitative estimate of drug-likeness (QED) is 0.182. The number of hydrogen-bond donors (Lipinski definition) is 0. The van der Waals surface area contributed by atoms with Gasteiger partial charge in [-0.1, -0.05) is 16.8 Å². The molecule has 0 unspecified atom stereocenters. The minimum absolute atomic E-state index is 0.0152. The van der Waals surface area contributed by atoms with Crippen molar-refractivity contribution in [3.8, 4) is 5.69 Å². The number of fused-ring (bicyclic) bond motifs is 2. The van der Waals surface area contributed by atoms with Gasteiger partial charge in [-0.25, -0.2) is 23.7 Å². The van der Waals surface area contributed by atoms with E-state index in [-0.39, 0.29) is 47.9 Å². The summed E-state index contributed by atoms with van der Waals surface area (Å²) in [5, 5.41) is 12.2. The molecule has 1 fully saturated rings. The lowest BCUT2D eigenvalue weighted by molar-refractivity contribution is 0.0977. The molecule has 0 aliphatic heterocycles. The van der Waals surface area contributed by atoms with Crippen LogP contribution in [0.1, 0.15) is 59.5 Å². The zero-order valence-electron chi connectivity index (χ0n) is 22.9. The molecule has 0 radical (unpaired) electrons. The summed E-state index contributed by atoms with van der Waals surface area (Å²) in [6.07, 6.45) is 12.1. The summed E-state index contributed by atoms with van der Waals surface area (Å²) < 4.78 is 21.7. The Hall–Kier alpha value is -4.98. The third-order valence-corrected chi connectivity index (χ3v) is 7.85. The summed E-state index contributed by atoms with van der Waals surface area (Å²) >= 11 is 5.92. The molecule has 6 aromatic rings. The Kier molecular flexibility index (Phi) is 6.49. The maximum Gasteiger partial charge on any atom is 0.332 e. The molecule has 6 heterocycles. The highest BCUT2D eigenvalue weighted by molar-refractivity contribution is 6.31. The maximum atomic E-state index is 14.5. The van der Waals surface area contributed by atoms with E-state index in [9.17, 15) is 18.8 Å². The van der Waals surface area contributed by atoms with Crippen LogP contribution in [0.15, 0.2) is 59.2 Å². The van der Waals surface area contributed by atoms with Gasteiger partial charge in [0.1, 0.15) is 17.5 Å². The second kappa shape index (κ2) is 10.4. The van der Waals surface area contributed by atoms with Crippen molar-refractivity contribution < 1.29 is 9.18 Å². The zero-order chi connectivity index (χ0) is 29.8. The summed E-state index contributed by atoms with van der Waals surface area (Å²) in [4.78, 5) is 47.3. The van der Waals surface area contributed by atoms with Gasteiger partial charge in [0, 0.05) is 31.6 Å². The van der Waals surface area contributed by atoms with Crippen LogP contribution < -0.4 is 11.1 Å². The van der Waals surface area contributed by atoms with Crippen molar-refractivity contribution in [2.45, 2.75) is 51.6 Å². The van der Waals surface area contributed by atoms with Crippen LogP contribution in [0.5, 0.6) is 0 Å². The molecule has 0 aromatic carbocycles. The monoisotopic (exact) mass is 602 g/mol. The Morgan fingerprint density at radius 3 is 2.74 bits per heavy atom. The predicted molar refractivity (Wildman–Crippen MR) is 152 cm³/mol. The van der Waals surface area contributed by atoms with Crippen LogP contribution in [-0.4, -0.2) is 53.9 Å². The fourth-order valence-corrected chi connectivity index (χ4v) is 5.32. The van der Waals surface area contributed by atoms with Crippen molar-refractivity contribution in [1.82, 2.24) is 48.1 Å². The number of ketones is 1. The first-order chi connectivity index (χ1) is 20.8. The summed E-state index contributed by atoms with van der Waals surface area (Å²) in [7, 11) is 0. The number of aryl methyl sites for hydroxylation is 2. The van der Waals surface area contributed by atoms with Crippen LogP contribution in [-0.2, 0) is 19.5 Å². The first-order valence-electron chi connectivity index (χ1n) is 13.7. The fraction of sp³-hybridized carbons (Fsp3) is 0.286. The van der Waals surface area contributed by atoms with Crippen LogP contribution in [0.2, 0.25) is 5.02 Å². The number of pyridine rings is 2. The van der Waals surface area contributed by atoms with Crippen molar-refractivity contribution in [1.29, 1.82) is 0 Å². The largest absolute Gasteiger partial charge is 0.332 e. The average molecular weight is 603 g/mol. The van der Waals surface area contributed by atoms with Crippen LogP contribution in [0.25, 0.3) is 16.9 Å². The van der Waals surface area contributed by atoms with Crippen molar-refractivity contribution in [3.63, 3.8) is 0 Å². The van der Waals surface area contributed by atoms with Gasteiger partial charge in [0.2, 0.25) is 0 Å². The molecule has 0 bridgehead atoms. The van der Waals surface area contributed by atoms with Gasteiger partial charge >= 0.3 is 11.1 Å². The van der Waals surface area contributed by atoms with Crippen molar-refractivity contribution >= 4 is 28.5 Å². The van der Waals surface area contributed by atoms with Crippen LogP contribution >= 0.6 is 11.6 Å². The number of carbonyl (C=O) groups excluding carboxylic acids is 1. The van der Waals surface area contributed by atoms with Crippen molar-refractivity contribution in [3.05, 3.63) is 104 Å². The SMILES string of the molecule is CCn1ncn(-c2cc(C3CC3)cn3cc(Cn4cc(C(=O)CCc5ncn6ccc(Cl)c(F)c56)nn4)nc23)c(=O)c1=O. The second-order valence-corrected chi connectivity index (χ2v) is 10.9. The van der Waals surface area contributed by atoms with Crippen LogP contribution in [0.4, 0.5) is 4.39 Å². The Morgan fingerprint density at radius 2 is 1.95 bits per heavy atom. The van der Waals surface area contributed by atoms with Gasteiger partial charge in [-0.2, -0.15) is 5.10 Å². The van der Waals surface area contributed by atoms with Gasteiger partial charge in [0.05, 0.1) is 41.2 Å². The molecule has 218 valence electrons. The molecular weight excluding hydrogens is 579 g/mol. The normalized spacial score (nSPS) is 13.4. The van der Waals surface area contributed by atoms with Crippen LogP contribution in [0.3, 0.4) is 0 Å². The number of nitrogens with zero attached hydrogens (tertiary/aromatic N) is 10. The minimum Gasteiger partial charge on any atom is -0.305 e.